The van der Waals surface area contributed by atoms with Crippen LogP contribution in [0.25, 0.3) is 0 Å². The number of aromatic nitrogens is 1. The molecule has 1 aliphatic rings. The van der Waals surface area contributed by atoms with E-state index < -0.39 is 0 Å². The van der Waals surface area contributed by atoms with Crippen LogP contribution in [0.15, 0.2) is 18.3 Å². The maximum atomic E-state index is 9.37. The van der Waals surface area contributed by atoms with Crippen molar-refractivity contribution in [1.29, 1.82) is 0 Å². The Labute approximate surface area is 78.0 Å². The van der Waals surface area contributed by atoms with E-state index >= 15 is 0 Å². The number of pyridine rings is 1. The number of aliphatic hydroxyl groups excluding tert-OH is 1. The van der Waals surface area contributed by atoms with Crippen molar-refractivity contribution >= 4 is 5.69 Å². The molecular weight excluding hydrogens is 164 g/mol. The Balaban J connectivity index is 2.16. The van der Waals surface area contributed by atoms with E-state index in [2.05, 4.69) is 16.0 Å². The summed E-state index contributed by atoms with van der Waals surface area (Å²) < 4.78 is 0. The van der Waals surface area contributed by atoms with E-state index in [9.17, 15) is 5.11 Å². The molecule has 1 aromatic rings. The molecule has 0 bridgehead atoms. The second kappa shape index (κ2) is 3.34. The molecule has 2 rings (SSSR count). The third-order valence-electron chi connectivity index (χ3n) is 2.41. The first-order valence-electron chi connectivity index (χ1n) is 4.61. The molecule has 1 unspecified atom stereocenters. The van der Waals surface area contributed by atoms with E-state index in [0.29, 0.717) is 0 Å². The molecule has 1 fully saturated rings. The molecule has 1 saturated heterocycles. The quantitative estimate of drug-likeness (QED) is 0.696. The van der Waals surface area contributed by atoms with Gasteiger partial charge >= 0.3 is 0 Å². The number of nitrogens with zero attached hydrogens (tertiary/aromatic N) is 2. The van der Waals surface area contributed by atoms with Gasteiger partial charge in [0.15, 0.2) is 0 Å². The van der Waals surface area contributed by atoms with Gasteiger partial charge in [-0.25, -0.2) is 0 Å². The van der Waals surface area contributed by atoms with E-state index in [-0.39, 0.29) is 6.10 Å². The van der Waals surface area contributed by atoms with Gasteiger partial charge in [-0.2, -0.15) is 0 Å². The highest BCUT2D eigenvalue weighted by Gasteiger charge is 2.20. The van der Waals surface area contributed by atoms with Gasteiger partial charge in [0, 0.05) is 30.7 Å². The van der Waals surface area contributed by atoms with Crippen LogP contribution in [0.1, 0.15) is 12.1 Å². The average Bonchev–Trinajstić information content (AvgIpc) is 2.52. The summed E-state index contributed by atoms with van der Waals surface area (Å²) in [7, 11) is 0. The molecule has 13 heavy (non-hydrogen) atoms. The van der Waals surface area contributed by atoms with Gasteiger partial charge in [0.05, 0.1) is 6.10 Å². The minimum atomic E-state index is -0.159. The molecule has 3 heteroatoms. The van der Waals surface area contributed by atoms with Gasteiger partial charge in [-0.3, -0.25) is 4.98 Å². The largest absolute Gasteiger partial charge is 0.391 e. The number of aliphatic hydroxyl groups is 1. The van der Waals surface area contributed by atoms with Gasteiger partial charge in [-0.05, 0) is 25.5 Å². The Hall–Kier alpha value is -1.09. The van der Waals surface area contributed by atoms with Crippen LogP contribution in [0.2, 0.25) is 0 Å². The lowest BCUT2D eigenvalue weighted by Gasteiger charge is -2.17. The van der Waals surface area contributed by atoms with Gasteiger partial charge < -0.3 is 10.0 Å². The van der Waals surface area contributed by atoms with Crippen molar-refractivity contribution in [3.05, 3.63) is 24.0 Å². The maximum Gasteiger partial charge on any atom is 0.0731 e. The molecule has 70 valence electrons. The number of hydrogen-bond acceptors (Lipinski definition) is 3. The van der Waals surface area contributed by atoms with Crippen molar-refractivity contribution in [3.63, 3.8) is 0 Å². The Morgan fingerprint density at radius 3 is 3.08 bits per heavy atom. The SMILES string of the molecule is Cc1cc(N2CCC(O)C2)ccn1. The van der Waals surface area contributed by atoms with Crippen LogP contribution < -0.4 is 4.90 Å². The van der Waals surface area contributed by atoms with Crippen molar-refractivity contribution in [2.24, 2.45) is 0 Å². The van der Waals surface area contributed by atoms with Crippen LogP contribution in [0, 0.1) is 6.92 Å². The van der Waals surface area contributed by atoms with Crippen molar-refractivity contribution in [3.8, 4) is 0 Å². The third-order valence-corrected chi connectivity index (χ3v) is 2.41. The fourth-order valence-electron chi connectivity index (χ4n) is 1.70. The van der Waals surface area contributed by atoms with Crippen molar-refractivity contribution in [1.82, 2.24) is 4.98 Å². The van der Waals surface area contributed by atoms with E-state index in [0.717, 1.165) is 25.2 Å². The molecule has 0 spiro atoms. The summed E-state index contributed by atoms with van der Waals surface area (Å²) >= 11 is 0. The standard InChI is InChI=1S/C10H14N2O/c1-8-6-9(2-4-11-8)12-5-3-10(13)7-12/h2,4,6,10,13H,3,5,7H2,1H3. The van der Waals surface area contributed by atoms with E-state index in [1.807, 2.05) is 19.2 Å². The molecule has 0 saturated carbocycles. The maximum absolute atomic E-state index is 9.37. The van der Waals surface area contributed by atoms with Crippen LogP contribution in [0.4, 0.5) is 5.69 Å². The smallest absolute Gasteiger partial charge is 0.0731 e. The van der Waals surface area contributed by atoms with Gasteiger partial charge in [0.2, 0.25) is 0 Å². The molecule has 3 nitrogen and oxygen atoms in total. The van der Waals surface area contributed by atoms with Gasteiger partial charge in [0.1, 0.15) is 0 Å². The Morgan fingerprint density at radius 1 is 1.62 bits per heavy atom. The molecule has 1 N–H and O–H groups in total. The molecule has 1 aromatic heterocycles. The van der Waals surface area contributed by atoms with Crippen LogP contribution >= 0.6 is 0 Å². The van der Waals surface area contributed by atoms with Gasteiger partial charge in [-0.15, -0.1) is 0 Å². The highest BCUT2D eigenvalue weighted by Crippen LogP contribution is 2.19. The molecule has 1 atom stereocenters. The summed E-state index contributed by atoms with van der Waals surface area (Å²) in [6.07, 6.45) is 2.53. The summed E-state index contributed by atoms with van der Waals surface area (Å²) in [4.78, 5) is 6.33. The summed E-state index contributed by atoms with van der Waals surface area (Å²) in [5.41, 5.74) is 2.20. The first kappa shape index (κ1) is 8.51. The summed E-state index contributed by atoms with van der Waals surface area (Å²) in [6.45, 7) is 3.68. The van der Waals surface area contributed by atoms with Crippen LogP contribution in [-0.4, -0.2) is 29.3 Å². The average molecular weight is 178 g/mol. The highest BCUT2D eigenvalue weighted by molar-refractivity contribution is 5.47. The topological polar surface area (TPSA) is 36.4 Å². The lowest BCUT2D eigenvalue weighted by molar-refractivity contribution is 0.198. The Bertz CT molecular complexity index is 301. The molecule has 2 heterocycles. The number of aryl methyl sites for hydroxylation is 1. The Morgan fingerprint density at radius 2 is 2.46 bits per heavy atom. The summed E-state index contributed by atoms with van der Waals surface area (Å²) in [6, 6.07) is 4.04. The minimum Gasteiger partial charge on any atom is -0.391 e. The summed E-state index contributed by atoms with van der Waals surface area (Å²) in [5.74, 6) is 0. The zero-order valence-electron chi connectivity index (χ0n) is 7.77. The van der Waals surface area contributed by atoms with Crippen molar-refractivity contribution in [2.45, 2.75) is 19.4 Å². The number of rotatable bonds is 1. The lowest BCUT2D eigenvalue weighted by atomic mass is 10.3. The van der Waals surface area contributed by atoms with Crippen LogP contribution in [0.5, 0.6) is 0 Å². The second-order valence-electron chi connectivity index (χ2n) is 3.54. The number of β-amino-alcohol motifs (C(OH)–C–C–N with tert-alkyl or cyclic N) is 1. The fourth-order valence-corrected chi connectivity index (χ4v) is 1.70. The zero-order chi connectivity index (χ0) is 9.26. The molecule has 0 aliphatic carbocycles. The van der Waals surface area contributed by atoms with Crippen LogP contribution in [-0.2, 0) is 0 Å². The van der Waals surface area contributed by atoms with E-state index in [4.69, 9.17) is 0 Å². The number of hydrogen-bond donors (Lipinski definition) is 1. The van der Waals surface area contributed by atoms with Gasteiger partial charge in [-0.1, -0.05) is 0 Å². The van der Waals surface area contributed by atoms with Crippen molar-refractivity contribution < 1.29 is 5.11 Å². The first-order chi connectivity index (χ1) is 6.25. The van der Waals surface area contributed by atoms with Crippen molar-refractivity contribution in [2.75, 3.05) is 18.0 Å². The molecule has 0 amide bonds. The summed E-state index contributed by atoms with van der Waals surface area (Å²) in [5, 5.41) is 9.37. The monoisotopic (exact) mass is 178 g/mol. The number of anilines is 1. The predicted octanol–water partition coefficient (Wildman–Crippen LogP) is 0.961. The Kier molecular flexibility index (Phi) is 2.19. The van der Waals surface area contributed by atoms with Crippen LogP contribution in [0.3, 0.4) is 0 Å². The molecular formula is C10H14N2O. The second-order valence-corrected chi connectivity index (χ2v) is 3.54. The predicted molar refractivity (Wildman–Crippen MR) is 51.8 cm³/mol. The van der Waals surface area contributed by atoms with E-state index in [1.54, 1.807) is 0 Å². The minimum absolute atomic E-state index is 0.159. The molecule has 1 aliphatic heterocycles. The van der Waals surface area contributed by atoms with Gasteiger partial charge in [0.25, 0.3) is 0 Å². The van der Waals surface area contributed by atoms with E-state index in [1.165, 1.54) is 5.69 Å². The lowest BCUT2D eigenvalue weighted by Crippen LogP contribution is -2.21. The molecule has 0 aromatic carbocycles. The first-order valence-corrected chi connectivity index (χ1v) is 4.61. The normalized spacial score (nSPS) is 22.3. The zero-order valence-corrected chi connectivity index (χ0v) is 7.77. The highest BCUT2D eigenvalue weighted by atomic mass is 16.3. The fraction of sp³-hybridized carbons (Fsp3) is 0.500. The molecule has 0 radical (unpaired) electrons. The third kappa shape index (κ3) is 1.80.